The van der Waals surface area contributed by atoms with Crippen molar-refractivity contribution in [3.05, 3.63) is 30.3 Å². The van der Waals surface area contributed by atoms with Gasteiger partial charge in [-0.15, -0.1) is 0 Å². The lowest BCUT2D eigenvalue weighted by molar-refractivity contribution is 0.123. The molecule has 0 spiro atoms. The number of nitrogens with two attached hydrogens (primary N) is 1. The predicted molar refractivity (Wildman–Crippen MR) is 77.4 cm³/mol. The van der Waals surface area contributed by atoms with E-state index >= 15 is 0 Å². The van der Waals surface area contributed by atoms with E-state index in [1.807, 2.05) is 30.3 Å². The van der Waals surface area contributed by atoms with Crippen molar-refractivity contribution in [2.45, 2.75) is 25.8 Å². The maximum atomic E-state index is 5.36. The van der Waals surface area contributed by atoms with E-state index in [9.17, 15) is 0 Å². The monoisotopic (exact) mass is 271 g/mol. The topological polar surface area (TPSA) is 53.7 Å². The lowest BCUT2D eigenvalue weighted by atomic mass is 10.3. The summed E-state index contributed by atoms with van der Waals surface area (Å²) in [6.07, 6.45) is 2.24. The summed E-state index contributed by atoms with van der Waals surface area (Å²) in [6, 6.07) is 10.4. The summed E-state index contributed by atoms with van der Waals surface area (Å²) in [4.78, 5) is 0. The average molecular weight is 271 g/mol. The van der Waals surface area contributed by atoms with Crippen molar-refractivity contribution in [3.63, 3.8) is 0 Å². The van der Waals surface area contributed by atoms with E-state index in [0.29, 0.717) is 0 Å². The molecule has 0 radical (unpaired) electrons. The van der Waals surface area contributed by atoms with E-state index in [2.05, 4.69) is 6.92 Å². The molecular formula is C13H25NO3Si. The summed E-state index contributed by atoms with van der Waals surface area (Å²) in [5, 5.41) is 0. The fourth-order valence-corrected chi connectivity index (χ4v) is 3.30. The molecule has 0 heterocycles. The van der Waals surface area contributed by atoms with E-state index < -0.39 is 8.80 Å². The maximum absolute atomic E-state index is 5.36. The third-order valence-corrected chi connectivity index (χ3v) is 5.40. The number of anilines is 1. The van der Waals surface area contributed by atoms with E-state index in [1.54, 1.807) is 21.3 Å². The van der Waals surface area contributed by atoms with Crippen LogP contribution < -0.4 is 5.73 Å². The molecule has 5 heteroatoms. The molecule has 0 amide bonds. The Labute approximate surface area is 111 Å². The third kappa shape index (κ3) is 6.76. The first-order valence-electron chi connectivity index (χ1n) is 6.10. The van der Waals surface area contributed by atoms with Crippen LogP contribution in [0.25, 0.3) is 0 Å². The van der Waals surface area contributed by atoms with Crippen molar-refractivity contribution in [1.29, 1.82) is 0 Å². The minimum atomic E-state index is -2.24. The van der Waals surface area contributed by atoms with E-state index in [0.717, 1.165) is 24.6 Å². The molecule has 18 heavy (non-hydrogen) atoms. The SMILES string of the molecule is CCCC[Si](OC)(OC)OC.Nc1ccccc1. The minimum Gasteiger partial charge on any atom is -0.399 e. The van der Waals surface area contributed by atoms with Gasteiger partial charge in [-0.3, -0.25) is 0 Å². The molecule has 2 N–H and O–H groups in total. The highest BCUT2D eigenvalue weighted by Gasteiger charge is 2.36. The molecule has 0 fully saturated rings. The Morgan fingerprint density at radius 2 is 1.50 bits per heavy atom. The maximum Gasteiger partial charge on any atom is 0.500 e. The molecule has 0 aromatic heterocycles. The Bertz CT molecular complexity index is 283. The molecule has 0 unspecified atom stereocenters. The van der Waals surface area contributed by atoms with Gasteiger partial charge in [0.1, 0.15) is 0 Å². The third-order valence-electron chi connectivity index (χ3n) is 2.57. The molecule has 0 aliphatic heterocycles. The molecular weight excluding hydrogens is 246 g/mol. The summed E-state index contributed by atoms with van der Waals surface area (Å²) >= 11 is 0. The first-order valence-corrected chi connectivity index (χ1v) is 8.03. The van der Waals surface area contributed by atoms with Gasteiger partial charge in [-0.1, -0.05) is 31.5 Å². The number of unbranched alkanes of at least 4 members (excludes halogenated alkanes) is 1. The first kappa shape index (κ1) is 17.1. The first-order chi connectivity index (χ1) is 8.64. The van der Waals surface area contributed by atoms with Crippen LogP contribution in [0.15, 0.2) is 30.3 Å². The summed E-state index contributed by atoms with van der Waals surface area (Å²) < 4.78 is 15.7. The zero-order valence-electron chi connectivity index (χ0n) is 11.8. The Morgan fingerprint density at radius 1 is 1.00 bits per heavy atom. The smallest absolute Gasteiger partial charge is 0.399 e. The molecule has 104 valence electrons. The standard InChI is InChI=1S/C7H18O3Si.C6H7N/c1-5-6-7-11(8-2,9-3)10-4;7-6-4-2-1-3-5-6/h5-7H2,1-4H3;1-5H,7H2. The second-order valence-corrected chi connectivity index (χ2v) is 6.90. The van der Waals surface area contributed by atoms with Gasteiger partial charge in [0.05, 0.1) is 0 Å². The van der Waals surface area contributed by atoms with Crippen molar-refractivity contribution in [2.75, 3.05) is 27.1 Å². The Morgan fingerprint density at radius 3 is 1.78 bits per heavy atom. The lowest BCUT2D eigenvalue weighted by Gasteiger charge is -2.23. The zero-order valence-corrected chi connectivity index (χ0v) is 12.8. The van der Waals surface area contributed by atoms with Gasteiger partial charge in [0.25, 0.3) is 0 Å². The number of para-hydroxylation sites is 1. The van der Waals surface area contributed by atoms with Gasteiger partial charge in [-0.05, 0) is 18.6 Å². The van der Waals surface area contributed by atoms with Crippen molar-refractivity contribution >= 4 is 14.5 Å². The van der Waals surface area contributed by atoms with Crippen molar-refractivity contribution in [2.24, 2.45) is 0 Å². The van der Waals surface area contributed by atoms with Crippen LogP contribution in [0.2, 0.25) is 6.04 Å². The van der Waals surface area contributed by atoms with Gasteiger partial charge in [-0.2, -0.15) is 0 Å². The highest BCUT2D eigenvalue weighted by atomic mass is 28.4. The van der Waals surface area contributed by atoms with Crippen LogP contribution in [-0.4, -0.2) is 30.1 Å². The van der Waals surface area contributed by atoms with Gasteiger partial charge in [0.15, 0.2) is 0 Å². The Hall–Kier alpha value is -0.883. The summed E-state index contributed by atoms with van der Waals surface area (Å²) in [5.41, 5.74) is 6.18. The van der Waals surface area contributed by atoms with E-state index in [4.69, 9.17) is 19.0 Å². The van der Waals surface area contributed by atoms with E-state index in [1.165, 1.54) is 0 Å². The number of nitrogen functional groups attached to an aromatic ring is 1. The van der Waals surface area contributed by atoms with Crippen LogP contribution in [0.1, 0.15) is 19.8 Å². The van der Waals surface area contributed by atoms with Gasteiger partial charge in [-0.25, -0.2) is 0 Å². The van der Waals surface area contributed by atoms with Crippen LogP contribution in [0.5, 0.6) is 0 Å². The van der Waals surface area contributed by atoms with Crippen LogP contribution in [0.4, 0.5) is 5.69 Å². The highest BCUT2D eigenvalue weighted by molar-refractivity contribution is 6.60. The second kappa shape index (κ2) is 10.1. The predicted octanol–water partition coefficient (Wildman–Crippen LogP) is 2.93. The van der Waals surface area contributed by atoms with Crippen LogP contribution in [0.3, 0.4) is 0 Å². The number of hydrogen-bond donors (Lipinski definition) is 1. The van der Waals surface area contributed by atoms with Crippen molar-refractivity contribution < 1.29 is 13.3 Å². The van der Waals surface area contributed by atoms with Gasteiger partial charge >= 0.3 is 8.80 Å². The quantitative estimate of drug-likeness (QED) is 0.638. The highest BCUT2D eigenvalue weighted by Crippen LogP contribution is 2.15. The Balaban J connectivity index is 0.000000351. The largest absolute Gasteiger partial charge is 0.500 e. The molecule has 0 bridgehead atoms. The second-order valence-electron chi connectivity index (χ2n) is 3.81. The minimum absolute atomic E-state index is 0.822. The van der Waals surface area contributed by atoms with Crippen LogP contribution in [0, 0.1) is 0 Å². The van der Waals surface area contributed by atoms with Crippen molar-refractivity contribution in [1.82, 2.24) is 0 Å². The van der Waals surface area contributed by atoms with Gasteiger partial charge in [0.2, 0.25) is 0 Å². The average Bonchev–Trinajstić information content (AvgIpc) is 2.43. The van der Waals surface area contributed by atoms with Crippen LogP contribution >= 0.6 is 0 Å². The summed E-state index contributed by atoms with van der Waals surface area (Å²) in [6.45, 7) is 2.14. The molecule has 0 aliphatic carbocycles. The van der Waals surface area contributed by atoms with Crippen LogP contribution in [-0.2, 0) is 13.3 Å². The number of hydrogen-bond acceptors (Lipinski definition) is 4. The molecule has 1 aromatic carbocycles. The molecule has 1 aromatic rings. The molecule has 0 saturated heterocycles. The zero-order chi connectivity index (χ0) is 13.9. The van der Waals surface area contributed by atoms with Gasteiger partial charge in [0, 0.05) is 33.1 Å². The molecule has 1 rings (SSSR count). The Kier molecular flexibility index (Phi) is 9.58. The summed E-state index contributed by atoms with van der Waals surface area (Å²) in [5.74, 6) is 0. The van der Waals surface area contributed by atoms with E-state index in [-0.39, 0.29) is 0 Å². The normalized spacial score (nSPS) is 10.7. The van der Waals surface area contributed by atoms with Crippen molar-refractivity contribution in [3.8, 4) is 0 Å². The molecule has 0 saturated carbocycles. The summed E-state index contributed by atoms with van der Waals surface area (Å²) in [7, 11) is 2.70. The fraction of sp³-hybridized carbons (Fsp3) is 0.538. The number of benzene rings is 1. The molecule has 4 nitrogen and oxygen atoms in total. The lowest BCUT2D eigenvalue weighted by Crippen LogP contribution is -2.42. The number of rotatable bonds is 6. The molecule has 0 atom stereocenters. The molecule has 0 aliphatic rings. The fourth-order valence-electron chi connectivity index (χ4n) is 1.40. The van der Waals surface area contributed by atoms with Gasteiger partial charge < -0.3 is 19.0 Å².